The SMILES string of the molecule is C=CCn1c(C)nnc1S[C@H](C)c1nnc(-c2ccc([N+](=O)[O-])cc2)o1. The highest BCUT2D eigenvalue weighted by molar-refractivity contribution is 7.99. The summed E-state index contributed by atoms with van der Waals surface area (Å²) in [5.74, 6) is 1.55. The number of rotatable bonds is 7. The fourth-order valence-corrected chi connectivity index (χ4v) is 3.17. The molecule has 9 nitrogen and oxygen atoms in total. The van der Waals surface area contributed by atoms with Crippen molar-refractivity contribution in [3.8, 4) is 11.5 Å². The summed E-state index contributed by atoms with van der Waals surface area (Å²) in [5.41, 5.74) is 0.631. The number of nitro groups is 1. The Morgan fingerprint density at radius 3 is 2.69 bits per heavy atom. The van der Waals surface area contributed by atoms with Gasteiger partial charge in [-0.05, 0) is 26.0 Å². The number of thioether (sulfide) groups is 1. The van der Waals surface area contributed by atoms with Crippen LogP contribution in [0.15, 0.2) is 46.5 Å². The lowest BCUT2D eigenvalue weighted by atomic mass is 10.2. The first-order valence-electron chi connectivity index (χ1n) is 7.75. The maximum absolute atomic E-state index is 10.7. The topological polar surface area (TPSA) is 113 Å². The molecule has 134 valence electrons. The van der Waals surface area contributed by atoms with E-state index in [0.717, 1.165) is 11.0 Å². The molecular weight excluding hydrogens is 356 g/mol. The van der Waals surface area contributed by atoms with E-state index >= 15 is 0 Å². The van der Waals surface area contributed by atoms with E-state index < -0.39 is 4.92 Å². The molecule has 26 heavy (non-hydrogen) atoms. The van der Waals surface area contributed by atoms with Gasteiger partial charge in [-0.2, -0.15) is 0 Å². The Hall–Kier alpha value is -3.01. The highest BCUT2D eigenvalue weighted by Gasteiger charge is 2.20. The molecule has 0 aliphatic heterocycles. The molecule has 0 saturated carbocycles. The largest absolute Gasteiger partial charge is 0.419 e. The smallest absolute Gasteiger partial charge is 0.269 e. The van der Waals surface area contributed by atoms with Gasteiger partial charge in [-0.15, -0.1) is 27.0 Å². The molecule has 0 amide bonds. The second-order valence-electron chi connectivity index (χ2n) is 5.44. The van der Waals surface area contributed by atoms with E-state index in [-0.39, 0.29) is 10.9 Å². The maximum atomic E-state index is 10.7. The average Bonchev–Trinajstić information content (AvgIpc) is 3.25. The van der Waals surface area contributed by atoms with Crippen molar-refractivity contribution in [1.29, 1.82) is 0 Å². The third-order valence-corrected chi connectivity index (χ3v) is 4.68. The molecule has 0 N–H and O–H groups in total. The van der Waals surface area contributed by atoms with Gasteiger partial charge in [0.15, 0.2) is 5.16 Å². The number of non-ortho nitro benzene ring substituents is 1. The Morgan fingerprint density at radius 2 is 2.04 bits per heavy atom. The number of hydrogen-bond acceptors (Lipinski definition) is 8. The van der Waals surface area contributed by atoms with Crippen molar-refractivity contribution in [3.63, 3.8) is 0 Å². The quantitative estimate of drug-likeness (QED) is 0.268. The summed E-state index contributed by atoms with van der Waals surface area (Å²) in [5, 5.41) is 27.7. The van der Waals surface area contributed by atoms with E-state index in [0.29, 0.717) is 23.9 Å². The summed E-state index contributed by atoms with van der Waals surface area (Å²) in [4.78, 5) is 10.3. The number of nitro benzene ring substituents is 1. The van der Waals surface area contributed by atoms with E-state index in [1.165, 1.54) is 23.9 Å². The predicted octanol–water partition coefficient (Wildman–Crippen LogP) is 3.58. The molecule has 0 aliphatic carbocycles. The van der Waals surface area contributed by atoms with Gasteiger partial charge in [-0.3, -0.25) is 10.1 Å². The molecule has 2 heterocycles. The van der Waals surface area contributed by atoms with Crippen molar-refractivity contribution in [2.24, 2.45) is 0 Å². The second kappa shape index (κ2) is 7.48. The first-order valence-corrected chi connectivity index (χ1v) is 8.63. The molecule has 10 heteroatoms. The first-order chi connectivity index (χ1) is 12.5. The molecule has 1 atom stereocenters. The molecule has 1 aromatic carbocycles. The average molecular weight is 372 g/mol. The molecular formula is C16H16N6O3S. The molecule has 0 saturated heterocycles. The molecule has 0 fully saturated rings. The van der Waals surface area contributed by atoms with E-state index in [1.807, 2.05) is 18.4 Å². The van der Waals surface area contributed by atoms with Crippen molar-refractivity contribution in [2.45, 2.75) is 30.8 Å². The highest BCUT2D eigenvalue weighted by Crippen LogP contribution is 2.34. The van der Waals surface area contributed by atoms with Crippen LogP contribution < -0.4 is 0 Å². The van der Waals surface area contributed by atoms with Crippen LogP contribution in [0.5, 0.6) is 0 Å². The minimum atomic E-state index is -0.455. The number of benzene rings is 1. The van der Waals surface area contributed by atoms with Gasteiger partial charge in [-0.25, -0.2) is 0 Å². The minimum absolute atomic E-state index is 0.00865. The fraction of sp³-hybridized carbons (Fsp3) is 0.250. The zero-order valence-corrected chi connectivity index (χ0v) is 15.0. The Balaban J connectivity index is 1.77. The predicted molar refractivity (Wildman–Crippen MR) is 95.6 cm³/mol. The zero-order valence-electron chi connectivity index (χ0n) is 14.2. The molecule has 0 bridgehead atoms. The third-order valence-electron chi connectivity index (χ3n) is 3.61. The summed E-state index contributed by atoms with van der Waals surface area (Å²) in [6, 6.07) is 5.96. The van der Waals surface area contributed by atoms with Crippen LogP contribution in [0, 0.1) is 17.0 Å². The summed E-state index contributed by atoms with van der Waals surface area (Å²) in [6.45, 7) is 8.17. The lowest BCUT2D eigenvalue weighted by Gasteiger charge is -2.08. The van der Waals surface area contributed by atoms with Crippen molar-refractivity contribution in [3.05, 3.63) is 58.7 Å². The number of allylic oxidation sites excluding steroid dienone is 1. The zero-order chi connectivity index (χ0) is 18.7. The summed E-state index contributed by atoms with van der Waals surface area (Å²) < 4.78 is 7.67. The number of hydrogen-bond donors (Lipinski definition) is 0. The summed E-state index contributed by atoms with van der Waals surface area (Å²) in [6.07, 6.45) is 1.78. The molecule has 3 aromatic rings. The van der Waals surface area contributed by atoms with Crippen LogP contribution >= 0.6 is 11.8 Å². The van der Waals surface area contributed by atoms with Crippen molar-refractivity contribution in [2.75, 3.05) is 0 Å². The van der Waals surface area contributed by atoms with Crippen LogP contribution in [0.3, 0.4) is 0 Å². The van der Waals surface area contributed by atoms with Gasteiger partial charge in [0.2, 0.25) is 11.8 Å². The van der Waals surface area contributed by atoms with Crippen LogP contribution in [0.2, 0.25) is 0 Å². The number of aryl methyl sites for hydroxylation is 1. The summed E-state index contributed by atoms with van der Waals surface area (Å²) >= 11 is 1.45. The molecule has 0 aliphatic rings. The van der Waals surface area contributed by atoms with Gasteiger partial charge in [0, 0.05) is 24.2 Å². The van der Waals surface area contributed by atoms with Gasteiger partial charge >= 0.3 is 0 Å². The van der Waals surface area contributed by atoms with Crippen LogP contribution in [-0.2, 0) is 6.54 Å². The van der Waals surface area contributed by atoms with Crippen molar-refractivity contribution in [1.82, 2.24) is 25.0 Å². The van der Waals surface area contributed by atoms with Gasteiger partial charge in [0.1, 0.15) is 5.82 Å². The minimum Gasteiger partial charge on any atom is -0.419 e. The first kappa shape index (κ1) is 17.8. The monoisotopic (exact) mass is 372 g/mol. The Kier molecular flexibility index (Phi) is 5.12. The van der Waals surface area contributed by atoms with E-state index in [4.69, 9.17) is 4.42 Å². The van der Waals surface area contributed by atoms with Crippen LogP contribution in [0.25, 0.3) is 11.5 Å². The number of aromatic nitrogens is 5. The van der Waals surface area contributed by atoms with E-state index in [9.17, 15) is 10.1 Å². The standard InChI is InChI=1S/C16H16N6O3S/c1-4-9-21-11(3)17-20-16(21)26-10(2)14-18-19-15(25-14)12-5-7-13(8-6-12)22(23)24/h4-8,10H,1,9H2,2-3H3/t10-/m1/s1. The van der Waals surface area contributed by atoms with Crippen LogP contribution in [0.1, 0.15) is 23.9 Å². The van der Waals surface area contributed by atoms with Gasteiger partial charge in [-0.1, -0.05) is 17.8 Å². The Bertz CT molecular complexity index is 934. The maximum Gasteiger partial charge on any atom is 0.269 e. The highest BCUT2D eigenvalue weighted by atomic mass is 32.2. The second-order valence-corrected chi connectivity index (χ2v) is 6.75. The molecule has 2 aromatic heterocycles. The van der Waals surface area contributed by atoms with Crippen molar-refractivity contribution >= 4 is 17.4 Å². The van der Waals surface area contributed by atoms with E-state index in [1.54, 1.807) is 18.2 Å². The summed E-state index contributed by atoms with van der Waals surface area (Å²) in [7, 11) is 0. The lowest BCUT2D eigenvalue weighted by molar-refractivity contribution is -0.384. The van der Waals surface area contributed by atoms with Crippen molar-refractivity contribution < 1.29 is 9.34 Å². The van der Waals surface area contributed by atoms with E-state index in [2.05, 4.69) is 27.0 Å². The fourth-order valence-electron chi connectivity index (χ4n) is 2.24. The van der Waals surface area contributed by atoms with Crippen LogP contribution in [-0.4, -0.2) is 29.9 Å². The normalized spacial score (nSPS) is 12.1. The molecule has 3 rings (SSSR count). The molecule has 0 unspecified atom stereocenters. The van der Waals surface area contributed by atoms with Gasteiger partial charge in [0.25, 0.3) is 5.69 Å². The molecule has 0 spiro atoms. The third kappa shape index (κ3) is 3.64. The Labute approximate surface area is 153 Å². The molecule has 0 radical (unpaired) electrons. The number of nitrogens with zero attached hydrogens (tertiary/aromatic N) is 6. The van der Waals surface area contributed by atoms with Gasteiger partial charge in [0.05, 0.1) is 10.2 Å². The lowest BCUT2D eigenvalue weighted by Crippen LogP contribution is -2.01. The Morgan fingerprint density at radius 1 is 1.31 bits per heavy atom. The van der Waals surface area contributed by atoms with Crippen LogP contribution in [0.4, 0.5) is 5.69 Å². The van der Waals surface area contributed by atoms with Gasteiger partial charge < -0.3 is 8.98 Å².